The van der Waals surface area contributed by atoms with Crippen molar-refractivity contribution in [3.05, 3.63) is 113 Å². The van der Waals surface area contributed by atoms with E-state index in [0.29, 0.717) is 30.0 Å². The molecule has 0 radical (unpaired) electrons. The van der Waals surface area contributed by atoms with E-state index < -0.39 is 17.6 Å². The normalized spacial score (nSPS) is 17.3. The van der Waals surface area contributed by atoms with Crippen LogP contribution in [0.15, 0.2) is 84.5 Å². The summed E-state index contributed by atoms with van der Waals surface area (Å²) in [6.45, 7) is 11.0. The Kier molecular flexibility index (Phi) is 9.46. The van der Waals surface area contributed by atoms with E-state index in [-0.39, 0.29) is 29.4 Å². The van der Waals surface area contributed by atoms with Crippen molar-refractivity contribution in [3.63, 3.8) is 0 Å². The summed E-state index contributed by atoms with van der Waals surface area (Å²) < 4.78 is 42.1. The number of amides is 1. The molecule has 3 aromatic rings. The molecule has 11 heteroatoms. The Hall–Kier alpha value is -4.79. The topological polar surface area (TPSA) is 77.0 Å². The van der Waals surface area contributed by atoms with E-state index in [4.69, 9.17) is 0 Å². The Morgan fingerprint density at radius 3 is 2.62 bits per heavy atom. The maximum absolute atomic E-state index is 14.0. The monoisotopic (exact) mass is 613 g/mol. The minimum absolute atomic E-state index is 0.0467. The van der Waals surface area contributed by atoms with Gasteiger partial charge in [0.05, 0.1) is 28.6 Å². The van der Waals surface area contributed by atoms with E-state index in [1.54, 1.807) is 30.4 Å². The molecule has 2 aliphatic heterocycles. The van der Waals surface area contributed by atoms with Gasteiger partial charge in [0.1, 0.15) is 5.70 Å². The first kappa shape index (κ1) is 31.6. The third kappa shape index (κ3) is 7.84. The molecule has 2 aromatic heterocycles. The smallest absolute Gasteiger partial charge is 0.322 e. The molecule has 1 unspecified atom stereocenters. The summed E-state index contributed by atoms with van der Waals surface area (Å²) >= 11 is 0. The van der Waals surface area contributed by atoms with E-state index in [1.165, 1.54) is 18.3 Å². The zero-order valence-corrected chi connectivity index (χ0v) is 25.4. The predicted octanol–water partition coefficient (Wildman–Crippen LogP) is 5.33. The maximum atomic E-state index is 14.0. The van der Waals surface area contributed by atoms with Gasteiger partial charge >= 0.3 is 6.18 Å². The number of halogens is 3. The summed E-state index contributed by atoms with van der Waals surface area (Å²) in [6, 6.07) is 9.15. The van der Waals surface area contributed by atoms with E-state index in [9.17, 15) is 18.0 Å². The third-order valence-electron chi connectivity index (χ3n) is 7.72. The number of aryl methyl sites for hydroxylation is 1. The molecule has 1 N–H and O–H groups in total. The maximum Gasteiger partial charge on any atom is 0.416 e. The molecule has 2 aliphatic rings. The number of hydrogen-bond donors (Lipinski definition) is 1. The fourth-order valence-electron chi connectivity index (χ4n) is 5.01. The van der Waals surface area contributed by atoms with Crippen LogP contribution >= 0.6 is 0 Å². The van der Waals surface area contributed by atoms with Gasteiger partial charge in [0.15, 0.2) is 0 Å². The van der Waals surface area contributed by atoms with Crippen LogP contribution in [0.25, 0.3) is 0 Å². The van der Waals surface area contributed by atoms with Gasteiger partial charge in [0.2, 0.25) is 0 Å². The number of rotatable bonds is 6. The number of pyridine rings is 2. The number of aromatic nitrogens is 2. The molecule has 45 heavy (non-hydrogen) atoms. The zero-order valence-electron chi connectivity index (χ0n) is 25.4. The highest BCUT2D eigenvalue weighted by Crippen LogP contribution is 2.35. The molecule has 1 fully saturated rings. The molecule has 0 spiro atoms. The highest BCUT2D eigenvalue weighted by atomic mass is 19.4. The van der Waals surface area contributed by atoms with Gasteiger partial charge in [-0.15, -0.1) is 0 Å². The van der Waals surface area contributed by atoms with E-state index >= 15 is 0 Å². The van der Waals surface area contributed by atoms with Crippen LogP contribution in [0.4, 0.5) is 18.9 Å². The number of hydrogen-bond acceptors (Lipinski definition) is 7. The quantitative estimate of drug-likeness (QED) is 0.379. The average molecular weight is 614 g/mol. The predicted molar refractivity (Wildman–Crippen MR) is 168 cm³/mol. The molecule has 232 valence electrons. The number of anilines is 1. The highest BCUT2D eigenvalue weighted by Gasteiger charge is 2.34. The lowest BCUT2D eigenvalue weighted by atomic mass is 10.0. The summed E-state index contributed by atoms with van der Waals surface area (Å²) in [5, 5.41) is 8.98. The number of allylic oxidation sites excluding steroid dienone is 2. The van der Waals surface area contributed by atoms with Crippen molar-refractivity contribution in [2.75, 3.05) is 38.5 Å². The van der Waals surface area contributed by atoms with Gasteiger partial charge in [-0.2, -0.15) is 18.3 Å². The van der Waals surface area contributed by atoms with E-state index in [2.05, 4.69) is 43.7 Å². The standard InChI is InChI=1S/C34H34F3N7O/c1-23(44-24(2)8-12-32(41-44)27-6-5-13-38-20-27)7-9-26-18-29(21-39-25(26)3)33(45)40-30-11-10-28(31(19-30)34(35,36)37)22-43-16-14-42(4)15-17-43/h5-6,8,10-13,18-21,24H,1,14-17,22H2,2-4H3,(H,40,45). The number of nitrogens with one attached hydrogen (secondary N) is 1. The summed E-state index contributed by atoms with van der Waals surface area (Å²) in [4.78, 5) is 25.7. The first-order valence-corrected chi connectivity index (χ1v) is 14.5. The number of carbonyl (C=O) groups excluding carboxylic acids is 1. The minimum atomic E-state index is -4.57. The van der Waals surface area contributed by atoms with Gasteiger partial charge in [0, 0.05) is 68.1 Å². The van der Waals surface area contributed by atoms with Crippen molar-refractivity contribution in [1.82, 2.24) is 24.8 Å². The zero-order chi connectivity index (χ0) is 32.1. The van der Waals surface area contributed by atoms with E-state index in [1.807, 2.05) is 43.2 Å². The van der Waals surface area contributed by atoms with Gasteiger partial charge in [-0.25, -0.2) is 0 Å². The molecule has 5 rings (SSSR count). The minimum Gasteiger partial charge on any atom is -0.322 e. The van der Waals surface area contributed by atoms with Crippen LogP contribution in [0, 0.1) is 18.8 Å². The van der Waals surface area contributed by atoms with Gasteiger partial charge in [-0.05, 0) is 68.8 Å². The van der Waals surface area contributed by atoms with E-state index in [0.717, 1.165) is 30.4 Å². The lowest BCUT2D eigenvalue weighted by molar-refractivity contribution is -0.138. The van der Waals surface area contributed by atoms with Crippen LogP contribution in [0.5, 0.6) is 0 Å². The van der Waals surface area contributed by atoms with Crippen LogP contribution in [-0.4, -0.2) is 75.7 Å². The van der Waals surface area contributed by atoms with Crippen molar-refractivity contribution >= 4 is 17.3 Å². The average Bonchev–Trinajstić information content (AvgIpc) is 3.02. The SMILES string of the molecule is C=C(C#Cc1cc(C(=O)Nc2ccc(CN3CCN(C)CC3)c(C(F)(F)F)c2)cnc1C)N1N=C(c2cccnc2)C=CC1C. The van der Waals surface area contributed by atoms with Crippen molar-refractivity contribution < 1.29 is 18.0 Å². The first-order chi connectivity index (χ1) is 21.5. The molecule has 0 aliphatic carbocycles. The van der Waals surface area contributed by atoms with Crippen LogP contribution in [0.1, 0.15) is 45.2 Å². The van der Waals surface area contributed by atoms with Crippen molar-refractivity contribution in [3.8, 4) is 11.8 Å². The summed E-state index contributed by atoms with van der Waals surface area (Å²) in [6.07, 6.45) is 4.14. The van der Waals surface area contributed by atoms with Gasteiger partial charge in [-0.3, -0.25) is 24.7 Å². The molecule has 1 saturated heterocycles. The number of likely N-dealkylation sites (N-methyl/N-ethyl adjacent to an activating group) is 1. The number of benzene rings is 1. The first-order valence-electron chi connectivity index (χ1n) is 14.5. The summed E-state index contributed by atoms with van der Waals surface area (Å²) in [7, 11) is 1.99. The number of hydrazone groups is 1. The molecule has 1 aromatic carbocycles. The van der Waals surface area contributed by atoms with Crippen molar-refractivity contribution in [1.29, 1.82) is 0 Å². The van der Waals surface area contributed by atoms with Crippen LogP contribution in [-0.2, 0) is 12.7 Å². The third-order valence-corrected chi connectivity index (χ3v) is 7.72. The molecule has 4 heterocycles. The molecule has 0 saturated carbocycles. The second-order valence-electron chi connectivity index (χ2n) is 11.1. The number of piperazine rings is 1. The molecule has 8 nitrogen and oxygen atoms in total. The Labute approximate surface area is 261 Å². The van der Waals surface area contributed by atoms with Gasteiger partial charge < -0.3 is 10.2 Å². The number of carbonyl (C=O) groups is 1. The molecular formula is C34H34F3N7O. The van der Waals surface area contributed by atoms with Gasteiger partial charge in [-0.1, -0.05) is 24.6 Å². The molecule has 1 amide bonds. The second kappa shape index (κ2) is 13.5. The molecule has 0 bridgehead atoms. The van der Waals surface area contributed by atoms with Crippen LogP contribution in [0.3, 0.4) is 0 Å². The number of alkyl halides is 3. The Balaban J connectivity index is 1.31. The van der Waals surface area contributed by atoms with Gasteiger partial charge in [0.25, 0.3) is 5.91 Å². The fraction of sp³-hybridized carbons (Fsp3) is 0.294. The largest absolute Gasteiger partial charge is 0.416 e. The highest BCUT2D eigenvalue weighted by molar-refractivity contribution is 6.08. The fourth-order valence-corrected chi connectivity index (χ4v) is 5.01. The summed E-state index contributed by atoms with van der Waals surface area (Å²) in [5.74, 6) is 5.45. The van der Waals surface area contributed by atoms with Crippen LogP contribution < -0.4 is 5.32 Å². The summed E-state index contributed by atoms with van der Waals surface area (Å²) in [5.41, 5.74) is 2.72. The van der Waals surface area contributed by atoms with Crippen molar-refractivity contribution in [2.45, 2.75) is 32.6 Å². The van der Waals surface area contributed by atoms with Crippen molar-refractivity contribution in [2.24, 2.45) is 5.10 Å². The second-order valence-corrected chi connectivity index (χ2v) is 11.1. The Morgan fingerprint density at radius 2 is 1.91 bits per heavy atom. The lowest BCUT2D eigenvalue weighted by Crippen LogP contribution is -2.44. The Bertz CT molecular complexity index is 1700. The molecule has 1 atom stereocenters. The molecular weight excluding hydrogens is 579 g/mol. The van der Waals surface area contributed by atoms with Crippen LogP contribution in [0.2, 0.25) is 0 Å². The lowest BCUT2D eigenvalue weighted by Gasteiger charge is -2.33. The Morgan fingerprint density at radius 1 is 1.13 bits per heavy atom. The number of nitrogens with zero attached hydrogens (tertiary/aromatic N) is 6.